The SMILES string of the molecule is Cn1cnc(Oc2nc3c(cc2C(N)=S)CCCC3)n1. The lowest BCUT2D eigenvalue weighted by Gasteiger charge is -2.17. The van der Waals surface area contributed by atoms with Crippen LogP contribution in [0, 0.1) is 0 Å². The highest BCUT2D eigenvalue weighted by atomic mass is 32.1. The number of nitrogens with two attached hydrogens (primary N) is 1. The van der Waals surface area contributed by atoms with Crippen LogP contribution in [0.1, 0.15) is 29.7 Å². The van der Waals surface area contributed by atoms with Gasteiger partial charge < -0.3 is 10.5 Å². The van der Waals surface area contributed by atoms with E-state index in [4.69, 9.17) is 22.7 Å². The first-order valence-electron chi connectivity index (χ1n) is 6.49. The van der Waals surface area contributed by atoms with Crippen LogP contribution in [0.2, 0.25) is 0 Å². The number of nitrogens with zero attached hydrogens (tertiary/aromatic N) is 4. The quantitative estimate of drug-likeness (QED) is 0.863. The maximum Gasteiger partial charge on any atom is 0.342 e. The summed E-state index contributed by atoms with van der Waals surface area (Å²) in [7, 11) is 1.77. The summed E-state index contributed by atoms with van der Waals surface area (Å²) >= 11 is 5.09. The van der Waals surface area contributed by atoms with E-state index < -0.39 is 0 Å². The molecule has 0 spiro atoms. The van der Waals surface area contributed by atoms with Crippen LogP contribution in [0.15, 0.2) is 12.4 Å². The summed E-state index contributed by atoms with van der Waals surface area (Å²) in [6.07, 6.45) is 5.86. The largest absolute Gasteiger partial charge is 0.403 e. The van der Waals surface area contributed by atoms with Gasteiger partial charge in [-0.1, -0.05) is 12.2 Å². The smallest absolute Gasteiger partial charge is 0.342 e. The van der Waals surface area contributed by atoms with Crippen molar-refractivity contribution < 1.29 is 4.74 Å². The Morgan fingerprint density at radius 2 is 2.20 bits per heavy atom. The summed E-state index contributed by atoms with van der Waals surface area (Å²) in [5.74, 6) is 0.393. The fourth-order valence-electron chi connectivity index (χ4n) is 2.32. The Labute approximate surface area is 122 Å². The van der Waals surface area contributed by atoms with Crippen LogP contribution in [-0.4, -0.2) is 24.7 Å². The molecule has 2 aromatic rings. The van der Waals surface area contributed by atoms with Crippen LogP contribution in [0.4, 0.5) is 0 Å². The van der Waals surface area contributed by atoms with E-state index in [9.17, 15) is 0 Å². The molecule has 0 aliphatic heterocycles. The van der Waals surface area contributed by atoms with Crippen molar-refractivity contribution in [3.05, 3.63) is 29.2 Å². The minimum atomic E-state index is 0.244. The molecule has 1 aliphatic rings. The maximum absolute atomic E-state index is 5.77. The molecule has 0 fully saturated rings. The molecule has 0 saturated heterocycles. The highest BCUT2D eigenvalue weighted by molar-refractivity contribution is 7.80. The zero-order chi connectivity index (χ0) is 14.1. The first kappa shape index (κ1) is 13.0. The van der Waals surface area contributed by atoms with Gasteiger partial charge in [0.15, 0.2) is 0 Å². The predicted octanol–water partition coefficient (Wildman–Crippen LogP) is 1.52. The van der Waals surface area contributed by atoms with Crippen molar-refractivity contribution in [2.24, 2.45) is 12.8 Å². The molecule has 0 radical (unpaired) electrons. The third-order valence-electron chi connectivity index (χ3n) is 3.30. The van der Waals surface area contributed by atoms with E-state index >= 15 is 0 Å². The highest BCUT2D eigenvalue weighted by Crippen LogP contribution is 2.27. The number of thiocarbonyl (C=S) groups is 1. The molecule has 7 heteroatoms. The van der Waals surface area contributed by atoms with E-state index in [0.29, 0.717) is 11.4 Å². The van der Waals surface area contributed by atoms with E-state index in [0.717, 1.165) is 25.0 Å². The van der Waals surface area contributed by atoms with Gasteiger partial charge in [-0.05, 0) is 37.3 Å². The van der Waals surface area contributed by atoms with Gasteiger partial charge in [-0.3, -0.25) is 4.68 Å². The average molecular weight is 289 g/mol. The van der Waals surface area contributed by atoms with E-state index in [1.54, 1.807) is 18.1 Å². The minimum Gasteiger partial charge on any atom is -0.403 e. The monoisotopic (exact) mass is 289 g/mol. The van der Waals surface area contributed by atoms with Gasteiger partial charge in [-0.2, -0.15) is 4.98 Å². The molecule has 0 aromatic carbocycles. The summed E-state index contributed by atoms with van der Waals surface area (Å²) in [6, 6.07) is 2.23. The second-order valence-electron chi connectivity index (χ2n) is 4.82. The Balaban J connectivity index is 2.01. The van der Waals surface area contributed by atoms with Gasteiger partial charge in [0, 0.05) is 12.7 Å². The van der Waals surface area contributed by atoms with Crippen LogP contribution in [0.5, 0.6) is 11.9 Å². The maximum atomic E-state index is 5.77. The Morgan fingerprint density at radius 1 is 1.40 bits per heavy atom. The number of fused-ring (bicyclic) bond motifs is 1. The highest BCUT2D eigenvalue weighted by Gasteiger charge is 2.18. The molecule has 2 aromatic heterocycles. The van der Waals surface area contributed by atoms with Crippen molar-refractivity contribution in [1.29, 1.82) is 0 Å². The minimum absolute atomic E-state index is 0.244. The predicted molar refractivity (Wildman–Crippen MR) is 77.8 cm³/mol. The van der Waals surface area contributed by atoms with Gasteiger partial charge in [0.1, 0.15) is 11.3 Å². The van der Waals surface area contributed by atoms with Crippen molar-refractivity contribution in [2.75, 3.05) is 0 Å². The van der Waals surface area contributed by atoms with Gasteiger partial charge >= 0.3 is 6.01 Å². The van der Waals surface area contributed by atoms with Crippen molar-refractivity contribution in [3.63, 3.8) is 0 Å². The fraction of sp³-hybridized carbons (Fsp3) is 0.385. The van der Waals surface area contributed by atoms with Gasteiger partial charge in [-0.25, -0.2) is 4.98 Å². The number of aryl methyl sites for hydroxylation is 3. The van der Waals surface area contributed by atoms with Crippen LogP contribution >= 0.6 is 12.2 Å². The fourth-order valence-corrected chi connectivity index (χ4v) is 2.47. The van der Waals surface area contributed by atoms with Crippen molar-refractivity contribution in [2.45, 2.75) is 25.7 Å². The molecule has 0 atom stereocenters. The van der Waals surface area contributed by atoms with E-state index in [1.807, 2.05) is 6.07 Å². The molecule has 20 heavy (non-hydrogen) atoms. The Morgan fingerprint density at radius 3 is 2.90 bits per heavy atom. The van der Waals surface area contributed by atoms with E-state index in [2.05, 4.69) is 15.1 Å². The third kappa shape index (κ3) is 2.49. The first-order chi connectivity index (χ1) is 9.63. The van der Waals surface area contributed by atoms with Gasteiger partial charge in [0.05, 0.1) is 5.56 Å². The summed E-state index contributed by atoms with van der Waals surface area (Å²) < 4.78 is 7.20. The van der Waals surface area contributed by atoms with Gasteiger partial charge in [0.25, 0.3) is 0 Å². The van der Waals surface area contributed by atoms with Crippen LogP contribution < -0.4 is 10.5 Å². The molecule has 6 nitrogen and oxygen atoms in total. The number of pyridine rings is 1. The Hall–Kier alpha value is -2.02. The Kier molecular flexibility index (Phi) is 3.35. The average Bonchev–Trinajstić information content (AvgIpc) is 2.83. The van der Waals surface area contributed by atoms with E-state index in [1.165, 1.54) is 12.0 Å². The Bertz CT molecular complexity index is 667. The number of ether oxygens (including phenoxy) is 1. The number of rotatable bonds is 3. The molecule has 2 N–H and O–H groups in total. The molecule has 1 aliphatic carbocycles. The molecular formula is C13H15N5OS. The van der Waals surface area contributed by atoms with Gasteiger partial charge in [-0.15, -0.1) is 5.10 Å². The summed E-state index contributed by atoms with van der Waals surface area (Å²) in [4.78, 5) is 8.86. The normalized spacial score (nSPS) is 13.8. The molecule has 0 amide bonds. The summed E-state index contributed by atoms with van der Waals surface area (Å²) in [5, 5.41) is 4.08. The summed E-state index contributed by atoms with van der Waals surface area (Å²) in [6.45, 7) is 0. The standard InChI is InChI=1S/C13H15N5OS/c1-18-7-15-13(17-18)19-12-9(11(14)20)6-8-4-2-3-5-10(8)16-12/h6-7H,2-5H2,1H3,(H2,14,20). The molecular weight excluding hydrogens is 274 g/mol. The number of aromatic nitrogens is 4. The van der Waals surface area contributed by atoms with Crippen molar-refractivity contribution in [1.82, 2.24) is 19.7 Å². The summed E-state index contributed by atoms with van der Waals surface area (Å²) in [5.41, 5.74) is 8.68. The molecule has 3 rings (SSSR count). The lowest BCUT2D eigenvalue weighted by Crippen LogP contribution is -2.15. The van der Waals surface area contributed by atoms with Crippen molar-refractivity contribution >= 4 is 17.2 Å². The first-order valence-corrected chi connectivity index (χ1v) is 6.90. The van der Waals surface area contributed by atoms with Gasteiger partial charge in [0.2, 0.25) is 5.88 Å². The van der Waals surface area contributed by atoms with Crippen LogP contribution in [0.25, 0.3) is 0 Å². The zero-order valence-corrected chi connectivity index (χ0v) is 12.0. The third-order valence-corrected chi connectivity index (χ3v) is 3.52. The molecule has 0 unspecified atom stereocenters. The zero-order valence-electron chi connectivity index (χ0n) is 11.2. The van der Waals surface area contributed by atoms with Crippen LogP contribution in [-0.2, 0) is 19.9 Å². The topological polar surface area (TPSA) is 78.8 Å². The lowest BCUT2D eigenvalue weighted by molar-refractivity contribution is 0.418. The second kappa shape index (κ2) is 5.16. The van der Waals surface area contributed by atoms with E-state index in [-0.39, 0.29) is 11.0 Å². The second-order valence-corrected chi connectivity index (χ2v) is 5.26. The van der Waals surface area contributed by atoms with Crippen LogP contribution in [0.3, 0.4) is 0 Å². The molecule has 2 heterocycles. The number of hydrogen-bond donors (Lipinski definition) is 1. The lowest BCUT2D eigenvalue weighted by atomic mass is 9.95. The molecule has 0 saturated carbocycles. The molecule has 0 bridgehead atoms. The molecule has 104 valence electrons. The van der Waals surface area contributed by atoms with Crippen molar-refractivity contribution in [3.8, 4) is 11.9 Å². The number of hydrogen-bond acceptors (Lipinski definition) is 5.